The monoisotopic (exact) mass is 719 g/mol. The fourth-order valence-corrected chi connectivity index (χ4v) is 7.93. The molecule has 14 heteroatoms. The highest BCUT2D eigenvalue weighted by Crippen LogP contribution is 2.46. The molecule has 3 amide bonds. The fraction of sp³-hybridized carbons (Fsp3) is 0.459. The molecule has 0 unspecified atom stereocenters. The summed E-state index contributed by atoms with van der Waals surface area (Å²) in [4.78, 5) is 48.4. The molecule has 3 N–H and O–H groups in total. The summed E-state index contributed by atoms with van der Waals surface area (Å²) in [5.74, 6) is -1.03. The number of amides is 3. The van der Waals surface area contributed by atoms with E-state index in [1.54, 1.807) is 19.2 Å². The number of nitrogens with one attached hydrogen (secondary N) is 3. The van der Waals surface area contributed by atoms with Crippen molar-refractivity contribution in [2.45, 2.75) is 75.4 Å². The van der Waals surface area contributed by atoms with Gasteiger partial charge >= 0.3 is 0 Å². The molecule has 0 radical (unpaired) electrons. The molecule has 0 spiro atoms. The van der Waals surface area contributed by atoms with Gasteiger partial charge in [-0.15, -0.1) is 6.58 Å². The van der Waals surface area contributed by atoms with E-state index in [4.69, 9.17) is 14.2 Å². The van der Waals surface area contributed by atoms with E-state index in [0.717, 1.165) is 11.1 Å². The molecule has 3 aromatic rings. The van der Waals surface area contributed by atoms with Crippen molar-refractivity contribution < 1.29 is 37.0 Å². The van der Waals surface area contributed by atoms with Crippen molar-refractivity contribution in [1.29, 1.82) is 0 Å². The molecular formula is C37H45N5O8S. The van der Waals surface area contributed by atoms with Crippen LogP contribution in [-0.2, 0) is 24.4 Å². The highest BCUT2D eigenvalue weighted by atomic mass is 32.2. The number of hydrogen-bond donors (Lipinski definition) is 3. The fourth-order valence-electron chi connectivity index (χ4n) is 6.57. The number of hydrogen-bond acceptors (Lipinski definition) is 10. The topological polar surface area (TPSA) is 165 Å². The van der Waals surface area contributed by atoms with Gasteiger partial charge in [0.15, 0.2) is 0 Å². The first-order chi connectivity index (χ1) is 24.2. The zero-order valence-corrected chi connectivity index (χ0v) is 30.3. The number of rotatable bonds is 13. The second-order valence-corrected chi connectivity index (χ2v) is 16.5. The standard InChI is InChI=1S/C37H45N5O8S/c1-7-23-20-37(23,35(45)41-51(46,47)27-14-15-27)40-32(43)29-19-26(50-33-28-16-13-25(48-5)17-22(28)18-30(39-33)49-6)21-42(29)34(44)31(36(2,3)4)38-24-11-9-8-10-12-24/h7-13,16-18,23,26-27,29,31,38H,1,14-15,19-21H2,2-6H3,(H,40,43)(H,41,45)/t23-,26-,29+,31+,37-/m1/s1. The molecule has 1 aromatic heterocycles. The van der Waals surface area contributed by atoms with E-state index >= 15 is 0 Å². The van der Waals surface area contributed by atoms with E-state index in [1.165, 1.54) is 18.1 Å². The molecule has 13 nitrogen and oxygen atoms in total. The van der Waals surface area contributed by atoms with Crippen LogP contribution in [0.25, 0.3) is 10.8 Å². The maximum absolute atomic E-state index is 14.6. The Kier molecular flexibility index (Phi) is 9.66. The molecule has 3 aliphatic rings. The molecule has 2 heterocycles. The van der Waals surface area contributed by atoms with Crippen molar-refractivity contribution in [3.63, 3.8) is 0 Å². The quantitative estimate of drug-likeness (QED) is 0.221. The lowest BCUT2D eigenvalue weighted by Gasteiger charge is -2.36. The van der Waals surface area contributed by atoms with Gasteiger partial charge in [0.05, 0.1) is 26.0 Å². The third-order valence-corrected chi connectivity index (χ3v) is 11.6. The third-order valence-electron chi connectivity index (χ3n) is 9.76. The molecule has 3 fully saturated rings. The Hall–Kier alpha value is -4.85. The van der Waals surface area contributed by atoms with Gasteiger partial charge in [0.1, 0.15) is 29.5 Å². The van der Waals surface area contributed by atoms with Crippen molar-refractivity contribution in [3.05, 3.63) is 67.3 Å². The minimum atomic E-state index is -3.87. The molecule has 1 saturated heterocycles. The van der Waals surface area contributed by atoms with Crippen LogP contribution in [0.4, 0.5) is 5.69 Å². The number of nitrogens with zero attached hydrogens (tertiary/aromatic N) is 2. The number of para-hydroxylation sites is 1. The third kappa shape index (κ3) is 7.46. The SMILES string of the molecule is C=C[C@@H]1C[C@]1(NC(=O)[C@@H]1C[C@@H](Oc2nc(OC)cc3cc(OC)ccc23)CN1C(=O)[C@H](Nc1ccccc1)C(C)(C)C)C(=O)NS(=O)(=O)C1CC1. The normalized spacial score (nSPS) is 23.5. The molecule has 1 aliphatic heterocycles. The van der Waals surface area contributed by atoms with Gasteiger partial charge in [0, 0.05) is 29.5 Å². The number of fused-ring (bicyclic) bond motifs is 1. The van der Waals surface area contributed by atoms with Crippen molar-refractivity contribution in [1.82, 2.24) is 19.9 Å². The van der Waals surface area contributed by atoms with Crippen molar-refractivity contribution in [2.75, 3.05) is 26.1 Å². The Morgan fingerprint density at radius 2 is 1.78 bits per heavy atom. The summed E-state index contributed by atoms with van der Waals surface area (Å²) in [6.45, 7) is 9.63. The Labute approximate surface area is 298 Å². The largest absolute Gasteiger partial charge is 0.497 e. The van der Waals surface area contributed by atoms with Crippen LogP contribution < -0.4 is 29.6 Å². The summed E-state index contributed by atoms with van der Waals surface area (Å²) in [5.41, 5.74) is -1.36. The van der Waals surface area contributed by atoms with E-state index in [2.05, 4.69) is 26.9 Å². The van der Waals surface area contributed by atoms with Crippen LogP contribution >= 0.6 is 0 Å². The average Bonchev–Trinajstić information content (AvgIpc) is 4.03. The van der Waals surface area contributed by atoms with E-state index in [9.17, 15) is 22.8 Å². The Morgan fingerprint density at radius 1 is 1.06 bits per heavy atom. The summed E-state index contributed by atoms with van der Waals surface area (Å²) in [7, 11) is -0.803. The van der Waals surface area contributed by atoms with Gasteiger partial charge in [-0.3, -0.25) is 19.1 Å². The molecule has 2 aliphatic carbocycles. The smallest absolute Gasteiger partial charge is 0.259 e. The summed E-state index contributed by atoms with van der Waals surface area (Å²) in [6, 6.07) is 14.7. The molecule has 2 saturated carbocycles. The average molecular weight is 720 g/mol. The van der Waals surface area contributed by atoms with Gasteiger partial charge in [-0.25, -0.2) is 8.42 Å². The van der Waals surface area contributed by atoms with Gasteiger partial charge in [0.25, 0.3) is 5.91 Å². The zero-order valence-electron chi connectivity index (χ0n) is 29.5. The van der Waals surface area contributed by atoms with Gasteiger partial charge in [-0.2, -0.15) is 4.98 Å². The number of pyridine rings is 1. The van der Waals surface area contributed by atoms with Crippen LogP contribution in [0.15, 0.2) is 67.3 Å². The van der Waals surface area contributed by atoms with Crippen molar-refractivity contribution in [2.24, 2.45) is 11.3 Å². The zero-order chi connectivity index (χ0) is 36.7. The molecule has 6 rings (SSSR count). The summed E-state index contributed by atoms with van der Waals surface area (Å²) < 4.78 is 44.9. The summed E-state index contributed by atoms with van der Waals surface area (Å²) >= 11 is 0. The van der Waals surface area contributed by atoms with Crippen LogP contribution in [0.5, 0.6) is 17.5 Å². The van der Waals surface area contributed by atoms with Crippen LogP contribution in [0.3, 0.4) is 0 Å². The van der Waals surface area contributed by atoms with Gasteiger partial charge < -0.3 is 29.7 Å². The van der Waals surface area contributed by atoms with Crippen LogP contribution in [0, 0.1) is 11.3 Å². The minimum absolute atomic E-state index is 0.0383. The second-order valence-electron chi connectivity index (χ2n) is 14.5. The summed E-state index contributed by atoms with van der Waals surface area (Å²) in [5, 5.41) is 7.02. The predicted molar refractivity (Wildman–Crippen MR) is 192 cm³/mol. The van der Waals surface area contributed by atoms with Crippen LogP contribution in [0.1, 0.15) is 46.5 Å². The maximum atomic E-state index is 14.6. The first-order valence-corrected chi connectivity index (χ1v) is 18.6. The Bertz CT molecular complexity index is 1940. The second kappa shape index (κ2) is 13.7. The van der Waals surface area contributed by atoms with Gasteiger partial charge in [0.2, 0.25) is 33.6 Å². The minimum Gasteiger partial charge on any atom is -0.497 e. The lowest BCUT2D eigenvalue weighted by atomic mass is 9.85. The van der Waals surface area contributed by atoms with Gasteiger partial charge in [-0.05, 0) is 60.4 Å². The van der Waals surface area contributed by atoms with Gasteiger partial charge in [-0.1, -0.05) is 45.0 Å². The molecule has 51 heavy (non-hydrogen) atoms. The number of aromatic nitrogens is 1. The number of benzene rings is 2. The summed E-state index contributed by atoms with van der Waals surface area (Å²) in [6.07, 6.45) is 2.06. The number of methoxy groups -OCH3 is 2. The van der Waals surface area contributed by atoms with E-state index < -0.39 is 62.1 Å². The van der Waals surface area contributed by atoms with E-state index in [0.29, 0.717) is 29.9 Å². The van der Waals surface area contributed by atoms with E-state index in [1.807, 2.05) is 63.2 Å². The predicted octanol–water partition coefficient (Wildman–Crippen LogP) is 3.80. The Balaban J connectivity index is 1.32. The van der Waals surface area contributed by atoms with Crippen molar-refractivity contribution in [3.8, 4) is 17.5 Å². The lowest BCUT2D eigenvalue weighted by molar-refractivity contribution is -0.141. The number of carbonyl (C=O) groups excluding carboxylic acids is 3. The van der Waals surface area contributed by atoms with E-state index in [-0.39, 0.29) is 31.2 Å². The molecule has 0 bridgehead atoms. The first-order valence-electron chi connectivity index (χ1n) is 17.0. The number of ether oxygens (including phenoxy) is 3. The number of sulfonamides is 1. The molecular weight excluding hydrogens is 675 g/mol. The van der Waals surface area contributed by atoms with Crippen LogP contribution in [0.2, 0.25) is 0 Å². The highest BCUT2D eigenvalue weighted by molar-refractivity contribution is 7.91. The number of likely N-dealkylation sites (tertiary alicyclic amines) is 1. The molecule has 5 atom stereocenters. The number of carbonyl (C=O) groups is 3. The molecule has 272 valence electrons. The van der Waals surface area contributed by atoms with Crippen molar-refractivity contribution >= 4 is 44.2 Å². The first kappa shape index (κ1) is 36.0. The Morgan fingerprint density at radius 3 is 2.39 bits per heavy atom. The van der Waals surface area contributed by atoms with Crippen LogP contribution in [-0.4, -0.2) is 85.8 Å². The molecule has 2 aromatic carbocycles. The highest BCUT2D eigenvalue weighted by Gasteiger charge is 2.62. The maximum Gasteiger partial charge on any atom is 0.259 e. The lowest BCUT2D eigenvalue weighted by Crippen LogP contribution is -2.58. The number of anilines is 1.